The average molecular weight is 532 g/mol. The van der Waals surface area contributed by atoms with Crippen LogP contribution in [0.25, 0.3) is 10.9 Å². The number of fused-ring (bicyclic) bond motifs is 1. The minimum atomic E-state index is -0.493. The van der Waals surface area contributed by atoms with Crippen molar-refractivity contribution in [1.82, 2.24) is 10.4 Å². The number of hydrazone groups is 1. The maximum Gasteiger partial charge on any atom is 0.337 e. The van der Waals surface area contributed by atoms with E-state index >= 15 is 0 Å². The summed E-state index contributed by atoms with van der Waals surface area (Å²) >= 11 is 0. The third-order valence-corrected chi connectivity index (χ3v) is 5.42. The Labute approximate surface area is 227 Å². The lowest BCUT2D eigenvalue weighted by Gasteiger charge is -2.15. The van der Waals surface area contributed by atoms with Crippen molar-refractivity contribution in [1.29, 1.82) is 0 Å². The van der Waals surface area contributed by atoms with Crippen LogP contribution in [0.1, 0.15) is 35.5 Å². The Hall–Kier alpha value is -4.83. The highest BCUT2D eigenvalue weighted by Gasteiger charge is 2.13. The van der Waals surface area contributed by atoms with Crippen LogP contribution in [0.15, 0.2) is 84.0 Å². The van der Waals surface area contributed by atoms with E-state index in [-0.39, 0.29) is 19.0 Å². The topological polar surface area (TPSA) is 143 Å². The number of aromatic nitrogens is 1. The molecule has 0 amide bonds. The second-order valence-electron chi connectivity index (χ2n) is 7.87. The normalized spacial score (nSPS) is 10.7. The number of amidine groups is 1. The molecule has 4 rings (SSSR count). The van der Waals surface area contributed by atoms with E-state index < -0.39 is 5.97 Å². The first-order valence-corrected chi connectivity index (χ1v) is 12.4. The van der Waals surface area contributed by atoms with Crippen LogP contribution in [-0.4, -0.2) is 30.5 Å². The van der Waals surface area contributed by atoms with E-state index in [1.165, 1.54) is 7.11 Å². The Kier molecular flexibility index (Phi) is 10.9. The van der Waals surface area contributed by atoms with E-state index in [2.05, 4.69) is 15.5 Å². The molecule has 0 aliphatic heterocycles. The Bertz CT molecular complexity index is 1410. The zero-order valence-electron chi connectivity index (χ0n) is 22.2. The number of hydrogen-bond donors (Lipinski definition) is 3. The number of carbonyl (C=O) groups excluding carboxylic acids is 1. The summed E-state index contributed by atoms with van der Waals surface area (Å²) in [4.78, 5) is 16.6. The minimum Gasteiger partial charge on any atom is -0.489 e. The molecule has 0 spiro atoms. The highest BCUT2D eigenvalue weighted by atomic mass is 16.5. The van der Waals surface area contributed by atoms with Crippen LogP contribution in [0.4, 0.5) is 0 Å². The summed E-state index contributed by atoms with van der Waals surface area (Å²) in [6.45, 7) is 4.45. The number of nitrogens with two attached hydrogens (primary N) is 2. The van der Waals surface area contributed by atoms with Gasteiger partial charge in [0, 0.05) is 17.0 Å². The second kappa shape index (κ2) is 14.8. The van der Waals surface area contributed by atoms with Gasteiger partial charge in [0.05, 0.1) is 23.9 Å². The number of esters is 1. The number of ether oxygens (including phenoxy) is 4. The van der Waals surface area contributed by atoms with Crippen LogP contribution in [0.2, 0.25) is 0 Å². The lowest BCUT2D eigenvalue weighted by Crippen LogP contribution is -2.35. The number of hydrogen-bond acceptors (Lipinski definition) is 9. The van der Waals surface area contributed by atoms with Gasteiger partial charge in [-0.25, -0.2) is 15.6 Å². The number of nitrogens with one attached hydrogen (secondary N) is 1. The second-order valence-corrected chi connectivity index (χ2v) is 7.87. The standard InChI is InChI=1S/C27H27N5O5.C2H6/c1-34-27(33)19-9-10-20(25(13-19)37-17-26(31-28)32-29)15-35-22-6-4-7-23(14-22)36-16-21-12-11-18-5-2-3-8-24(18)30-21;1-2/h2-14H,15-17,28-29H2,1H3,(H,31,32);1-2H3. The van der Waals surface area contributed by atoms with Crippen LogP contribution in [-0.2, 0) is 18.0 Å². The lowest BCUT2D eigenvalue weighted by atomic mass is 10.1. The van der Waals surface area contributed by atoms with Crippen molar-refractivity contribution in [2.24, 2.45) is 16.8 Å². The van der Waals surface area contributed by atoms with Gasteiger partial charge in [-0.15, -0.1) is 0 Å². The van der Waals surface area contributed by atoms with Crippen molar-refractivity contribution < 1.29 is 23.7 Å². The van der Waals surface area contributed by atoms with E-state index in [1.54, 1.807) is 24.3 Å². The van der Waals surface area contributed by atoms with Gasteiger partial charge in [-0.2, -0.15) is 5.10 Å². The van der Waals surface area contributed by atoms with Crippen molar-refractivity contribution in [3.8, 4) is 17.2 Å². The molecule has 1 heterocycles. The molecule has 3 aromatic carbocycles. The van der Waals surface area contributed by atoms with Gasteiger partial charge in [-0.05, 0) is 36.4 Å². The van der Waals surface area contributed by atoms with E-state index in [0.717, 1.165) is 16.6 Å². The van der Waals surface area contributed by atoms with Crippen molar-refractivity contribution >= 4 is 22.7 Å². The van der Waals surface area contributed by atoms with Gasteiger partial charge in [0.2, 0.25) is 0 Å². The Balaban J connectivity index is 0.00000205. The van der Waals surface area contributed by atoms with Gasteiger partial charge in [0.1, 0.15) is 37.1 Å². The highest BCUT2D eigenvalue weighted by Crippen LogP contribution is 2.26. The maximum absolute atomic E-state index is 12.0. The van der Waals surface area contributed by atoms with Crippen LogP contribution < -0.4 is 31.3 Å². The average Bonchev–Trinajstić information content (AvgIpc) is 3.00. The number of rotatable bonds is 10. The van der Waals surface area contributed by atoms with E-state index in [4.69, 9.17) is 30.6 Å². The molecule has 10 heteroatoms. The van der Waals surface area contributed by atoms with Gasteiger partial charge < -0.3 is 30.2 Å². The Morgan fingerprint density at radius 1 is 0.897 bits per heavy atom. The first-order chi connectivity index (χ1) is 19.1. The number of para-hydroxylation sites is 1. The SMILES string of the molecule is CC.COC(=O)c1ccc(COc2cccc(OCc3ccc4ccccc4n3)c2)c(OC/C(=N/N)NN)c1. The van der Waals surface area contributed by atoms with Crippen LogP contribution >= 0.6 is 0 Å². The summed E-state index contributed by atoms with van der Waals surface area (Å²) in [7, 11) is 1.31. The smallest absolute Gasteiger partial charge is 0.337 e. The summed E-state index contributed by atoms with van der Waals surface area (Å²) in [6, 6.07) is 24.1. The quantitative estimate of drug-likeness (QED) is 0.0896. The number of nitrogens with zero attached hydrogens (tertiary/aromatic N) is 2. The molecule has 0 bridgehead atoms. The summed E-state index contributed by atoms with van der Waals surface area (Å²) in [6.07, 6.45) is 0. The van der Waals surface area contributed by atoms with Crippen LogP contribution in [0.5, 0.6) is 17.2 Å². The summed E-state index contributed by atoms with van der Waals surface area (Å²) in [5.41, 5.74) is 5.10. The van der Waals surface area contributed by atoms with Crippen LogP contribution in [0, 0.1) is 0 Å². The number of benzene rings is 3. The summed E-state index contributed by atoms with van der Waals surface area (Å²) in [5, 5.41) is 4.58. The van der Waals surface area contributed by atoms with Gasteiger partial charge in [0.25, 0.3) is 0 Å². The molecule has 0 aliphatic carbocycles. The fraction of sp³-hybridized carbons (Fsp3) is 0.207. The molecular formula is C29H33N5O5. The molecule has 5 N–H and O–H groups in total. The van der Waals surface area contributed by atoms with Gasteiger partial charge in [0.15, 0.2) is 5.84 Å². The molecule has 0 aliphatic rings. The molecule has 204 valence electrons. The highest BCUT2D eigenvalue weighted by molar-refractivity contribution is 5.90. The van der Waals surface area contributed by atoms with E-state index in [9.17, 15) is 4.79 Å². The zero-order valence-corrected chi connectivity index (χ0v) is 22.2. The number of methoxy groups -OCH3 is 1. The first kappa shape index (κ1) is 28.7. The molecule has 1 aromatic heterocycles. The van der Waals surface area contributed by atoms with E-state index in [1.807, 2.05) is 68.4 Å². The first-order valence-electron chi connectivity index (χ1n) is 12.4. The molecule has 0 radical (unpaired) electrons. The molecule has 4 aromatic rings. The number of carbonyl (C=O) groups is 1. The molecule has 0 atom stereocenters. The van der Waals surface area contributed by atoms with Gasteiger partial charge in [-0.3, -0.25) is 0 Å². The van der Waals surface area contributed by atoms with Gasteiger partial charge in [-0.1, -0.05) is 50.2 Å². The Morgan fingerprint density at radius 2 is 1.64 bits per heavy atom. The minimum absolute atomic E-state index is 0.0310. The third kappa shape index (κ3) is 8.08. The fourth-order valence-electron chi connectivity index (χ4n) is 3.48. The summed E-state index contributed by atoms with van der Waals surface area (Å²) < 4.78 is 22.5. The fourth-order valence-corrected chi connectivity index (χ4v) is 3.48. The van der Waals surface area contributed by atoms with E-state index in [0.29, 0.717) is 35.0 Å². The van der Waals surface area contributed by atoms with Crippen molar-refractivity contribution in [2.45, 2.75) is 27.1 Å². The van der Waals surface area contributed by atoms with Crippen molar-refractivity contribution in [3.63, 3.8) is 0 Å². The number of hydrazine groups is 1. The molecule has 0 unspecified atom stereocenters. The Morgan fingerprint density at radius 3 is 2.36 bits per heavy atom. The lowest BCUT2D eigenvalue weighted by molar-refractivity contribution is 0.0600. The molecule has 39 heavy (non-hydrogen) atoms. The zero-order chi connectivity index (χ0) is 28.0. The monoisotopic (exact) mass is 531 g/mol. The van der Waals surface area contributed by atoms with Crippen molar-refractivity contribution in [3.05, 3.63) is 95.7 Å². The predicted molar refractivity (Wildman–Crippen MR) is 150 cm³/mol. The molecule has 0 saturated carbocycles. The molecule has 10 nitrogen and oxygen atoms in total. The largest absolute Gasteiger partial charge is 0.489 e. The van der Waals surface area contributed by atoms with Gasteiger partial charge >= 0.3 is 5.97 Å². The predicted octanol–water partition coefficient (Wildman–Crippen LogP) is 4.32. The summed E-state index contributed by atoms with van der Waals surface area (Å²) in [5.74, 6) is 12.0. The third-order valence-electron chi connectivity index (χ3n) is 5.42. The van der Waals surface area contributed by atoms with Crippen LogP contribution in [0.3, 0.4) is 0 Å². The van der Waals surface area contributed by atoms with Crippen molar-refractivity contribution in [2.75, 3.05) is 13.7 Å². The number of pyridine rings is 1. The molecule has 0 fully saturated rings. The molecular weight excluding hydrogens is 498 g/mol. The molecule has 0 saturated heterocycles. The maximum atomic E-state index is 12.0.